The summed E-state index contributed by atoms with van der Waals surface area (Å²) in [5.74, 6) is 0.767. The Morgan fingerprint density at radius 3 is 2.71 bits per heavy atom. The molecule has 2 atom stereocenters. The number of hydrogen-bond donors (Lipinski definition) is 2. The smallest absolute Gasteiger partial charge is 0.273 e. The summed E-state index contributed by atoms with van der Waals surface area (Å²) in [6.45, 7) is 5.56. The molecular formula is C31H31N3O4. The highest BCUT2D eigenvalue weighted by Gasteiger charge is 2.44. The lowest BCUT2D eigenvalue weighted by atomic mass is 9.93. The number of H-pyrrole nitrogens is 1. The Bertz CT molecular complexity index is 1450. The van der Waals surface area contributed by atoms with Gasteiger partial charge in [-0.25, -0.2) is 0 Å². The molecule has 7 heteroatoms. The van der Waals surface area contributed by atoms with Crippen LogP contribution in [0.1, 0.15) is 57.2 Å². The van der Waals surface area contributed by atoms with Gasteiger partial charge in [0.15, 0.2) is 0 Å². The van der Waals surface area contributed by atoms with Crippen molar-refractivity contribution in [2.75, 3.05) is 13.2 Å². The summed E-state index contributed by atoms with van der Waals surface area (Å²) in [7, 11) is 0. The zero-order valence-corrected chi connectivity index (χ0v) is 21.6. The predicted molar refractivity (Wildman–Crippen MR) is 144 cm³/mol. The maximum atomic E-state index is 13.7. The number of fused-ring (bicyclic) bond motifs is 1. The number of rotatable bonds is 7. The van der Waals surface area contributed by atoms with E-state index in [9.17, 15) is 9.90 Å². The van der Waals surface area contributed by atoms with Crippen molar-refractivity contribution in [1.29, 1.82) is 0 Å². The summed E-state index contributed by atoms with van der Waals surface area (Å²) in [4.78, 5) is 15.6. The van der Waals surface area contributed by atoms with Crippen LogP contribution in [0.2, 0.25) is 0 Å². The third kappa shape index (κ3) is 4.43. The number of ether oxygens (including phenoxy) is 2. The molecule has 0 radical (unpaired) electrons. The molecule has 38 heavy (non-hydrogen) atoms. The van der Waals surface area contributed by atoms with Gasteiger partial charge in [0, 0.05) is 24.3 Å². The topological polar surface area (TPSA) is 87.7 Å². The van der Waals surface area contributed by atoms with Crippen LogP contribution < -0.4 is 4.74 Å². The van der Waals surface area contributed by atoms with Gasteiger partial charge < -0.3 is 19.5 Å². The van der Waals surface area contributed by atoms with Gasteiger partial charge in [-0.05, 0) is 67.1 Å². The first kappa shape index (κ1) is 24.2. The number of benzene rings is 3. The molecular weight excluding hydrogens is 478 g/mol. The van der Waals surface area contributed by atoms with E-state index in [0.717, 1.165) is 46.4 Å². The Kier molecular flexibility index (Phi) is 6.37. The van der Waals surface area contributed by atoms with E-state index in [1.54, 1.807) is 6.07 Å². The van der Waals surface area contributed by atoms with Crippen molar-refractivity contribution in [3.63, 3.8) is 0 Å². The van der Waals surface area contributed by atoms with E-state index in [2.05, 4.69) is 10.2 Å². The fourth-order valence-electron chi connectivity index (χ4n) is 5.70. The van der Waals surface area contributed by atoms with E-state index < -0.39 is 6.04 Å². The van der Waals surface area contributed by atoms with Gasteiger partial charge in [0.1, 0.15) is 29.5 Å². The summed E-state index contributed by atoms with van der Waals surface area (Å²) >= 11 is 0. The molecule has 0 bridgehead atoms. The van der Waals surface area contributed by atoms with E-state index >= 15 is 0 Å². The van der Waals surface area contributed by atoms with Crippen molar-refractivity contribution >= 4 is 5.91 Å². The van der Waals surface area contributed by atoms with Crippen molar-refractivity contribution < 1.29 is 19.4 Å². The van der Waals surface area contributed by atoms with Gasteiger partial charge in [-0.1, -0.05) is 48.5 Å². The fourth-order valence-corrected chi connectivity index (χ4v) is 5.70. The maximum Gasteiger partial charge on any atom is 0.273 e. The normalized spacial score (nSPS) is 18.7. The van der Waals surface area contributed by atoms with Gasteiger partial charge in [0.2, 0.25) is 0 Å². The minimum Gasteiger partial charge on any atom is -0.507 e. The number of phenols is 1. The molecule has 194 valence electrons. The van der Waals surface area contributed by atoms with Crippen LogP contribution in [0, 0.1) is 13.8 Å². The number of nitrogens with zero attached hydrogens (tertiary/aromatic N) is 2. The lowest BCUT2D eigenvalue weighted by molar-refractivity contribution is 0.0495. The number of hydrogen-bond acceptors (Lipinski definition) is 5. The third-order valence-electron chi connectivity index (χ3n) is 7.41. The largest absolute Gasteiger partial charge is 0.507 e. The molecule has 2 unspecified atom stereocenters. The second-order valence-electron chi connectivity index (χ2n) is 10.2. The molecule has 7 nitrogen and oxygen atoms in total. The molecule has 2 aliphatic rings. The molecule has 0 spiro atoms. The Morgan fingerprint density at radius 2 is 1.95 bits per heavy atom. The molecule has 0 aliphatic carbocycles. The number of carbonyl (C=O) groups is 1. The molecule has 1 fully saturated rings. The number of nitrogens with one attached hydrogen (secondary N) is 1. The summed E-state index contributed by atoms with van der Waals surface area (Å²) in [5, 5.41) is 18.5. The standard InChI is InChI=1S/C31H31N3O4/c1-19-14-20(2)26(25(35)15-19)28-27-29(33-32-28)31(36)34(17-24-12-7-13-37-24)30(27)22-10-6-11-23(16-22)38-18-21-8-4-3-5-9-21/h3-6,8-11,14-16,24,30,35H,7,12-13,17-18H2,1-2H3,(H,32,33). The van der Waals surface area contributed by atoms with Crippen LogP contribution >= 0.6 is 0 Å². The lowest BCUT2D eigenvalue weighted by Gasteiger charge is -2.29. The maximum absolute atomic E-state index is 13.7. The van der Waals surface area contributed by atoms with Gasteiger partial charge in [-0.15, -0.1) is 0 Å². The number of aromatic nitrogens is 2. The second-order valence-corrected chi connectivity index (χ2v) is 10.2. The Hall–Kier alpha value is -4.10. The van der Waals surface area contributed by atoms with Crippen LogP contribution in [0.25, 0.3) is 11.3 Å². The molecule has 3 aromatic carbocycles. The second kappa shape index (κ2) is 9.99. The first-order chi connectivity index (χ1) is 18.5. The number of aromatic hydroxyl groups is 1. The number of amides is 1. The fraction of sp³-hybridized carbons (Fsp3) is 0.290. The van der Waals surface area contributed by atoms with Crippen molar-refractivity contribution in [2.24, 2.45) is 0 Å². The van der Waals surface area contributed by atoms with Crippen LogP contribution in [0.4, 0.5) is 0 Å². The molecule has 1 amide bonds. The first-order valence-corrected chi connectivity index (χ1v) is 13.1. The molecule has 3 heterocycles. The van der Waals surface area contributed by atoms with Gasteiger partial charge in [-0.2, -0.15) is 5.10 Å². The molecule has 2 N–H and O–H groups in total. The Labute approximate surface area is 222 Å². The minimum absolute atomic E-state index is 0.00566. The average molecular weight is 510 g/mol. The van der Waals surface area contributed by atoms with E-state index in [-0.39, 0.29) is 17.8 Å². The summed E-state index contributed by atoms with van der Waals surface area (Å²) in [6, 6.07) is 21.3. The van der Waals surface area contributed by atoms with Crippen LogP contribution in [0.15, 0.2) is 66.7 Å². The van der Waals surface area contributed by atoms with Crippen molar-refractivity contribution in [3.8, 4) is 22.8 Å². The van der Waals surface area contributed by atoms with Gasteiger partial charge >= 0.3 is 0 Å². The number of carbonyl (C=O) groups excluding carboxylic acids is 1. The SMILES string of the molecule is Cc1cc(C)c(-c2n[nH]c3c2C(c2cccc(OCc4ccccc4)c2)N(CC2CCCO2)C3=O)c(O)c1. The minimum atomic E-state index is -0.393. The van der Waals surface area contributed by atoms with Gasteiger partial charge in [0.05, 0.1) is 12.1 Å². The molecule has 1 saturated heterocycles. The number of aromatic amines is 1. The highest BCUT2D eigenvalue weighted by molar-refractivity contribution is 6.00. The van der Waals surface area contributed by atoms with Crippen LogP contribution in [0.3, 0.4) is 0 Å². The number of aryl methyl sites for hydroxylation is 2. The first-order valence-electron chi connectivity index (χ1n) is 13.1. The summed E-state index contributed by atoms with van der Waals surface area (Å²) < 4.78 is 12.0. The average Bonchev–Trinajstić information content (AvgIpc) is 3.63. The van der Waals surface area contributed by atoms with E-state index in [1.807, 2.05) is 79.4 Å². The third-order valence-corrected chi connectivity index (χ3v) is 7.41. The van der Waals surface area contributed by atoms with Crippen molar-refractivity contribution in [3.05, 3.63) is 100 Å². The van der Waals surface area contributed by atoms with Crippen LogP contribution in [0.5, 0.6) is 11.5 Å². The zero-order valence-electron chi connectivity index (χ0n) is 21.6. The molecule has 4 aromatic rings. The van der Waals surface area contributed by atoms with E-state index in [1.165, 1.54) is 0 Å². The quantitative estimate of drug-likeness (QED) is 0.334. The van der Waals surface area contributed by atoms with Crippen molar-refractivity contribution in [1.82, 2.24) is 15.1 Å². The molecule has 1 aromatic heterocycles. The highest BCUT2D eigenvalue weighted by atomic mass is 16.5. The van der Waals surface area contributed by atoms with Crippen LogP contribution in [-0.2, 0) is 11.3 Å². The van der Waals surface area contributed by atoms with E-state index in [4.69, 9.17) is 9.47 Å². The number of phenolic OH excluding ortho intramolecular Hbond substituents is 1. The van der Waals surface area contributed by atoms with E-state index in [0.29, 0.717) is 36.7 Å². The monoisotopic (exact) mass is 509 g/mol. The highest BCUT2D eigenvalue weighted by Crippen LogP contribution is 2.46. The molecule has 2 aliphatic heterocycles. The molecule has 6 rings (SSSR count). The summed E-state index contributed by atoms with van der Waals surface area (Å²) in [6.07, 6.45) is 1.91. The van der Waals surface area contributed by atoms with Gasteiger partial charge in [0.25, 0.3) is 5.91 Å². The van der Waals surface area contributed by atoms with Gasteiger partial charge in [-0.3, -0.25) is 9.89 Å². The van der Waals surface area contributed by atoms with Crippen molar-refractivity contribution in [2.45, 2.75) is 45.4 Å². The Balaban J connectivity index is 1.42. The predicted octanol–water partition coefficient (Wildman–Crippen LogP) is 5.70. The summed E-state index contributed by atoms with van der Waals surface area (Å²) in [5.41, 5.74) is 6.34. The molecule has 0 saturated carbocycles. The van der Waals surface area contributed by atoms with Crippen LogP contribution in [-0.4, -0.2) is 45.4 Å². The lowest BCUT2D eigenvalue weighted by Crippen LogP contribution is -2.36. The zero-order chi connectivity index (χ0) is 26.2. The Morgan fingerprint density at radius 1 is 1.11 bits per heavy atom.